The van der Waals surface area contributed by atoms with E-state index in [9.17, 15) is 18.0 Å². The number of anilines is 1. The highest BCUT2D eigenvalue weighted by molar-refractivity contribution is 7.92. The van der Waals surface area contributed by atoms with Gasteiger partial charge in [-0.1, -0.05) is 84.7 Å². The number of nitrogens with one attached hydrogen (secondary N) is 1. The van der Waals surface area contributed by atoms with Crippen molar-refractivity contribution in [1.29, 1.82) is 0 Å². The van der Waals surface area contributed by atoms with Crippen LogP contribution in [0.25, 0.3) is 0 Å². The van der Waals surface area contributed by atoms with Gasteiger partial charge in [0.15, 0.2) is 0 Å². The third-order valence-electron chi connectivity index (χ3n) is 7.50. The minimum Gasteiger partial charge on any atom is -0.352 e. The number of carbonyl (C=O) groups excluding carboxylic acids is 2. The van der Waals surface area contributed by atoms with Gasteiger partial charge in [-0.25, -0.2) is 8.42 Å². The van der Waals surface area contributed by atoms with E-state index in [0.717, 1.165) is 36.4 Å². The van der Waals surface area contributed by atoms with Gasteiger partial charge in [0, 0.05) is 38.2 Å². The maximum Gasteiger partial charge on any atom is 0.264 e. The molecule has 7 nitrogen and oxygen atoms in total. The summed E-state index contributed by atoms with van der Waals surface area (Å²) in [6, 6.07) is 16.0. The first-order valence-electron chi connectivity index (χ1n) is 14.1. The molecule has 1 atom stereocenters. The molecule has 230 valence electrons. The minimum absolute atomic E-state index is 0.0180. The van der Waals surface area contributed by atoms with E-state index in [-0.39, 0.29) is 35.5 Å². The molecule has 3 aromatic carbocycles. The molecule has 3 aromatic rings. The number of hydrogen-bond acceptors (Lipinski definition) is 4. The smallest absolute Gasteiger partial charge is 0.264 e. The first kappa shape index (κ1) is 33.4. The minimum atomic E-state index is -4.26. The lowest BCUT2D eigenvalue weighted by molar-refractivity contribution is -0.140. The number of nitrogens with zero attached hydrogens (tertiary/aromatic N) is 2. The summed E-state index contributed by atoms with van der Waals surface area (Å²) >= 11 is 25.2. The van der Waals surface area contributed by atoms with Crippen LogP contribution in [0, 0.1) is 0 Å². The van der Waals surface area contributed by atoms with Crippen LogP contribution in [-0.4, -0.2) is 43.8 Å². The molecule has 0 radical (unpaired) electrons. The molecule has 0 unspecified atom stereocenters. The summed E-state index contributed by atoms with van der Waals surface area (Å²) in [4.78, 5) is 29.2. The molecule has 0 aliphatic heterocycles. The summed E-state index contributed by atoms with van der Waals surface area (Å²) in [6.07, 6.45) is 5.20. The van der Waals surface area contributed by atoms with Crippen molar-refractivity contribution in [2.45, 2.75) is 69.0 Å². The van der Waals surface area contributed by atoms with Crippen molar-refractivity contribution in [1.82, 2.24) is 10.2 Å². The first-order chi connectivity index (χ1) is 20.5. The quantitative estimate of drug-likeness (QED) is 0.224. The highest BCUT2D eigenvalue weighted by Gasteiger charge is 2.35. The Morgan fingerprint density at radius 1 is 0.884 bits per heavy atom. The molecule has 2 amide bonds. The van der Waals surface area contributed by atoms with E-state index in [1.165, 1.54) is 35.2 Å². The van der Waals surface area contributed by atoms with Crippen molar-refractivity contribution in [3.05, 3.63) is 92.4 Å². The Hall–Kier alpha value is -2.49. The maximum atomic E-state index is 14.3. The second kappa shape index (κ2) is 15.0. The van der Waals surface area contributed by atoms with Crippen LogP contribution in [0.5, 0.6) is 0 Å². The van der Waals surface area contributed by atoms with E-state index >= 15 is 0 Å². The lowest BCUT2D eigenvalue weighted by Gasteiger charge is -2.34. The van der Waals surface area contributed by atoms with Crippen molar-refractivity contribution in [2.75, 3.05) is 10.8 Å². The number of benzene rings is 3. The Kier molecular flexibility index (Phi) is 11.6. The summed E-state index contributed by atoms with van der Waals surface area (Å²) in [5, 5.41) is 4.42. The van der Waals surface area contributed by atoms with Gasteiger partial charge >= 0.3 is 0 Å². The van der Waals surface area contributed by atoms with Gasteiger partial charge in [-0.05, 0) is 73.9 Å². The Morgan fingerprint density at radius 2 is 1.51 bits per heavy atom. The van der Waals surface area contributed by atoms with Crippen LogP contribution in [0.15, 0.2) is 71.6 Å². The predicted molar refractivity (Wildman–Crippen MR) is 174 cm³/mol. The maximum absolute atomic E-state index is 14.3. The van der Waals surface area contributed by atoms with Crippen molar-refractivity contribution in [3.8, 4) is 0 Å². The van der Waals surface area contributed by atoms with Gasteiger partial charge < -0.3 is 10.2 Å². The Labute approximate surface area is 273 Å². The van der Waals surface area contributed by atoms with E-state index in [1.807, 2.05) is 0 Å². The van der Waals surface area contributed by atoms with E-state index in [0.29, 0.717) is 25.7 Å². The Morgan fingerprint density at radius 3 is 2.12 bits per heavy atom. The molecule has 0 heterocycles. The average Bonchev–Trinajstić information content (AvgIpc) is 2.97. The van der Waals surface area contributed by atoms with Gasteiger partial charge in [0.05, 0.1) is 10.6 Å². The first-order valence-corrected chi connectivity index (χ1v) is 17.0. The second-order valence-corrected chi connectivity index (χ2v) is 14.0. The molecule has 0 aromatic heterocycles. The van der Waals surface area contributed by atoms with Crippen LogP contribution in [-0.2, 0) is 26.2 Å². The molecular formula is C31H33Cl4N3O4S. The van der Waals surface area contributed by atoms with Crippen LogP contribution in [0.4, 0.5) is 5.69 Å². The fourth-order valence-electron chi connectivity index (χ4n) is 5.21. The third kappa shape index (κ3) is 8.37. The highest BCUT2D eigenvalue weighted by atomic mass is 35.5. The van der Waals surface area contributed by atoms with Crippen LogP contribution >= 0.6 is 46.4 Å². The van der Waals surface area contributed by atoms with Gasteiger partial charge in [-0.3, -0.25) is 13.9 Å². The average molecular weight is 686 g/mol. The number of amides is 2. The molecule has 1 saturated carbocycles. The van der Waals surface area contributed by atoms with E-state index < -0.39 is 28.5 Å². The van der Waals surface area contributed by atoms with Crippen LogP contribution in [0.3, 0.4) is 0 Å². The fourth-order valence-corrected chi connectivity index (χ4v) is 7.44. The molecule has 0 saturated heterocycles. The number of sulfonamides is 1. The fraction of sp³-hybridized carbons (Fsp3) is 0.355. The molecule has 1 aliphatic carbocycles. The zero-order valence-electron chi connectivity index (χ0n) is 23.6. The standard InChI is InChI=1S/C31H33Cl4N3O4S/c1-2-29(31(40)36-23-9-4-3-5-10-23)37(19-26-27(34)12-7-13-28(26)35)30(39)20-38(24-11-6-8-22(33)18-24)43(41,42)25-16-14-21(32)15-17-25/h6-8,11-18,23,29H,2-5,9-10,19-20H2,1H3,(H,36,40)/t29-/m1/s1. The molecule has 0 spiro atoms. The van der Waals surface area contributed by atoms with Gasteiger partial charge in [-0.2, -0.15) is 0 Å². The molecule has 4 rings (SSSR count). The summed E-state index contributed by atoms with van der Waals surface area (Å²) < 4.78 is 28.9. The summed E-state index contributed by atoms with van der Waals surface area (Å²) in [7, 11) is -4.26. The van der Waals surface area contributed by atoms with Crippen molar-refractivity contribution >= 4 is 73.9 Å². The van der Waals surface area contributed by atoms with Crippen molar-refractivity contribution < 1.29 is 18.0 Å². The van der Waals surface area contributed by atoms with E-state index in [2.05, 4.69) is 5.32 Å². The zero-order valence-corrected chi connectivity index (χ0v) is 27.5. The number of rotatable bonds is 11. The Balaban J connectivity index is 1.74. The van der Waals surface area contributed by atoms with E-state index in [1.54, 1.807) is 43.3 Å². The molecule has 12 heteroatoms. The van der Waals surface area contributed by atoms with Gasteiger partial charge in [-0.15, -0.1) is 0 Å². The zero-order chi connectivity index (χ0) is 31.1. The molecular weight excluding hydrogens is 652 g/mol. The molecule has 43 heavy (non-hydrogen) atoms. The number of hydrogen-bond donors (Lipinski definition) is 1. The van der Waals surface area contributed by atoms with Crippen LogP contribution < -0.4 is 9.62 Å². The van der Waals surface area contributed by atoms with Crippen LogP contribution in [0.2, 0.25) is 20.1 Å². The van der Waals surface area contributed by atoms with Gasteiger partial charge in [0.25, 0.3) is 10.0 Å². The molecule has 1 N–H and O–H groups in total. The summed E-state index contributed by atoms with van der Waals surface area (Å²) in [6.45, 7) is 1.09. The van der Waals surface area contributed by atoms with Crippen molar-refractivity contribution in [3.63, 3.8) is 0 Å². The van der Waals surface area contributed by atoms with Gasteiger partial charge in [0.1, 0.15) is 12.6 Å². The van der Waals surface area contributed by atoms with Crippen molar-refractivity contribution in [2.24, 2.45) is 0 Å². The van der Waals surface area contributed by atoms with Crippen LogP contribution in [0.1, 0.15) is 51.0 Å². The summed E-state index contributed by atoms with van der Waals surface area (Å²) in [5.41, 5.74) is 0.643. The van der Waals surface area contributed by atoms with Gasteiger partial charge in [0.2, 0.25) is 11.8 Å². The number of carbonyl (C=O) groups is 2. The summed E-state index contributed by atoms with van der Waals surface area (Å²) in [5.74, 6) is -0.917. The molecule has 1 aliphatic rings. The second-order valence-electron chi connectivity index (χ2n) is 10.4. The van der Waals surface area contributed by atoms with E-state index in [4.69, 9.17) is 46.4 Å². The lowest BCUT2D eigenvalue weighted by Crippen LogP contribution is -2.54. The molecule has 1 fully saturated rings. The topological polar surface area (TPSA) is 86.8 Å². The predicted octanol–water partition coefficient (Wildman–Crippen LogP) is 7.75. The monoisotopic (exact) mass is 683 g/mol. The SMILES string of the molecule is CC[C@H](C(=O)NC1CCCCC1)N(Cc1c(Cl)cccc1Cl)C(=O)CN(c1cccc(Cl)c1)S(=O)(=O)c1ccc(Cl)cc1. The molecule has 0 bridgehead atoms. The third-order valence-corrected chi connectivity index (χ3v) is 10.5. The Bertz CT molecular complexity index is 1530. The number of halogens is 4. The normalized spacial score (nSPS) is 14.6. The largest absolute Gasteiger partial charge is 0.352 e. The lowest BCUT2D eigenvalue weighted by atomic mass is 9.95. The highest BCUT2D eigenvalue weighted by Crippen LogP contribution is 2.30.